The average molecular weight is 473 g/mol. The van der Waals surface area contributed by atoms with Crippen molar-refractivity contribution >= 4 is 63.5 Å². The Morgan fingerprint density at radius 2 is 1.64 bits per heavy atom. The van der Waals surface area contributed by atoms with Crippen LogP contribution in [0.2, 0.25) is 5.02 Å². The summed E-state index contributed by atoms with van der Waals surface area (Å²) < 4.78 is 1.98. The van der Waals surface area contributed by atoms with Crippen LogP contribution in [0.3, 0.4) is 0 Å². The van der Waals surface area contributed by atoms with Gasteiger partial charge in [0.05, 0.1) is 16.7 Å². The number of fused-ring (bicyclic) bond motifs is 1. The van der Waals surface area contributed by atoms with Gasteiger partial charge in [0, 0.05) is 11.6 Å². The monoisotopic (exact) mass is 472 g/mol. The van der Waals surface area contributed by atoms with Crippen molar-refractivity contribution in [1.29, 1.82) is 0 Å². The zero-order valence-electron chi connectivity index (χ0n) is 17.2. The molecule has 1 aliphatic rings. The van der Waals surface area contributed by atoms with Gasteiger partial charge in [-0.3, -0.25) is 19.8 Å². The van der Waals surface area contributed by atoms with Gasteiger partial charge in [0.2, 0.25) is 0 Å². The lowest BCUT2D eigenvalue weighted by Gasteiger charge is -2.28. The normalized spacial score (nSPS) is 15.4. The lowest BCUT2D eigenvalue weighted by Crippen LogP contribution is -2.54. The van der Waals surface area contributed by atoms with Crippen LogP contribution in [-0.4, -0.2) is 26.5 Å². The van der Waals surface area contributed by atoms with Crippen LogP contribution in [0.4, 0.5) is 5.69 Å². The molecule has 33 heavy (non-hydrogen) atoms. The summed E-state index contributed by atoms with van der Waals surface area (Å²) in [5.74, 6) is -0.583. The largest absolute Gasteiger partial charge is 0.320 e. The highest BCUT2D eigenvalue weighted by atomic mass is 35.5. The van der Waals surface area contributed by atoms with E-state index in [-0.39, 0.29) is 10.7 Å². The first-order valence-electron chi connectivity index (χ1n) is 10.2. The minimum absolute atomic E-state index is 0.0160. The third-order valence-corrected chi connectivity index (χ3v) is 5.86. The van der Waals surface area contributed by atoms with Gasteiger partial charge < -0.3 is 4.57 Å². The van der Waals surface area contributed by atoms with Crippen molar-refractivity contribution in [1.82, 2.24) is 14.9 Å². The molecular weight excluding hydrogens is 456 g/mol. The maximum atomic E-state index is 13.4. The van der Waals surface area contributed by atoms with Crippen molar-refractivity contribution in [2.24, 2.45) is 0 Å². The molecule has 1 saturated heterocycles. The summed E-state index contributed by atoms with van der Waals surface area (Å²) >= 11 is 11.2. The second-order valence-electron chi connectivity index (χ2n) is 7.46. The maximum Gasteiger partial charge on any atom is 0.270 e. The summed E-state index contributed by atoms with van der Waals surface area (Å²) in [5, 5.41) is 3.15. The number of para-hydroxylation sites is 2. The molecule has 1 fully saturated rings. The Kier molecular flexibility index (Phi) is 5.50. The van der Waals surface area contributed by atoms with E-state index in [1.807, 2.05) is 59.2 Å². The maximum absolute atomic E-state index is 13.4. The number of carbonyl (C=O) groups excluding carboxylic acids is 2. The van der Waals surface area contributed by atoms with Crippen LogP contribution in [0.25, 0.3) is 17.1 Å². The summed E-state index contributed by atoms with van der Waals surface area (Å²) in [6.45, 7) is 0.537. The number of nitrogens with one attached hydrogen (secondary N) is 1. The van der Waals surface area contributed by atoms with Crippen LogP contribution in [0.5, 0.6) is 0 Å². The summed E-state index contributed by atoms with van der Waals surface area (Å²) in [6, 6.07) is 24.3. The Morgan fingerprint density at radius 3 is 2.39 bits per heavy atom. The van der Waals surface area contributed by atoms with Crippen molar-refractivity contribution in [2.75, 3.05) is 4.90 Å². The molecule has 8 heteroatoms. The highest BCUT2D eigenvalue weighted by Crippen LogP contribution is 2.25. The summed E-state index contributed by atoms with van der Waals surface area (Å²) in [6.07, 6.45) is 1.52. The van der Waals surface area contributed by atoms with E-state index in [0.717, 1.165) is 16.6 Å². The van der Waals surface area contributed by atoms with Crippen LogP contribution in [0.15, 0.2) is 84.4 Å². The third kappa shape index (κ3) is 4.04. The summed E-state index contributed by atoms with van der Waals surface area (Å²) in [4.78, 5) is 32.1. The molecular formula is C25H17ClN4O2S. The first kappa shape index (κ1) is 21.1. The molecule has 1 aromatic heterocycles. The van der Waals surface area contributed by atoms with Crippen LogP contribution in [-0.2, 0) is 16.1 Å². The van der Waals surface area contributed by atoms with Gasteiger partial charge in [0.1, 0.15) is 11.4 Å². The molecule has 2 heterocycles. The van der Waals surface area contributed by atoms with Crippen LogP contribution in [0.1, 0.15) is 11.4 Å². The standard InChI is InChI=1S/C25H17ClN4O2S/c26-17-10-12-18(13-11-17)30-24(32)19(23(31)28-25(30)33)14-22-27-20-8-4-5-9-21(20)29(22)15-16-6-2-1-3-7-16/h1-14H,15H2,(H,28,31,33)/b19-14+. The molecule has 1 N–H and O–H groups in total. The number of halogens is 1. The molecule has 4 aromatic rings. The Morgan fingerprint density at radius 1 is 0.939 bits per heavy atom. The summed E-state index contributed by atoms with van der Waals surface area (Å²) in [5.41, 5.74) is 3.21. The molecule has 0 atom stereocenters. The SMILES string of the molecule is O=C1NC(=S)N(c2ccc(Cl)cc2)C(=O)/C1=C/c1nc2ccccc2n1Cc1ccccc1. The zero-order valence-corrected chi connectivity index (χ0v) is 18.8. The number of benzene rings is 3. The average Bonchev–Trinajstić information content (AvgIpc) is 3.15. The Balaban J connectivity index is 1.60. The van der Waals surface area contributed by atoms with Gasteiger partial charge in [-0.25, -0.2) is 4.98 Å². The van der Waals surface area contributed by atoms with E-state index < -0.39 is 11.8 Å². The van der Waals surface area contributed by atoms with Crippen molar-refractivity contribution < 1.29 is 9.59 Å². The molecule has 1 aliphatic heterocycles. The molecule has 0 aliphatic carbocycles. The number of amides is 2. The van der Waals surface area contributed by atoms with Gasteiger partial charge in [-0.1, -0.05) is 54.1 Å². The second-order valence-corrected chi connectivity index (χ2v) is 8.29. The number of rotatable bonds is 4. The molecule has 0 spiro atoms. The molecule has 0 unspecified atom stereocenters. The molecule has 0 radical (unpaired) electrons. The topological polar surface area (TPSA) is 67.2 Å². The van der Waals surface area contributed by atoms with Crippen LogP contribution >= 0.6 is 23.8 Å². The first-order valence-corrected chi connectivity index (χ1v) is 11.0. The predicted octanol–water partition coefficient (Wildman–Crippen LogP) is 4.57. The predicted molar refractivity (Wildman–Crippen MR) is 133 cm³/mol. The van der Waals surface area contributed by atoms with E-state index in [1.54, 1.807) is 24.3 Å². The number of nitrogens with zero attached hydrogens (tertiary/aromatic N) is 3. The zero-order chi connectivity index (χ0) is 22.9. The van der Waals surface area contributed by atoms with Gasteiger partial charge in [0.15, 0.2) is 5.11 Å². The van der Waals surface area contributed by atoms with E-state index in [2.05, 4.69) is 10.3 Å². The minimum atomic E-state index is -0.562. The highest BCUT2D eigenvalue weighted by molar-refractivity contribution is 7.80. The Bertz CT molecular complexity index is 1430. The fourth-order valence-electron chi connectivity index (χ4n) is 3.75. The first-order chi connectivity index (χ1) is 16.0. The van der Waals surface area contributed by atoms with Gasteiger partial charge >= 0.3 is 0 Å². The number of hydrogen-bond donors (Lipinski definition) is 1. The number of imidazole rings is 1. The Hall–Kier alpha value is -3.81. The molecule has 0 bridgehead atoms. The number of hydrogen-bond acceptors (Lipinski definition) is 4. The van der Waals surface area contributed by atoms with E-state index in [4.69, 9.17) is 23.8 Å². The molecule has 5 rings (SSSR count). The third-order valence-electron chi connectivity index (χ3n) is 5.33. The summed E-state index contributed by atoms with van der Waals surface area (Å²) in [7, 11) is 0. The van der Waals surface area contributed by atoms with Gasteiger partial charge in [-0.2, -0.15) is 0 Å². The highest BCUT2D eigenvalue weighted by Gasteiger charge is 2.35. The number of anilines is 1. The van der Waals surface area contributed by atoms with Gasteiger partial charge in [-0.15, -0.1) is 0 Å². The molecule has 0 saturated carbocycles. The number of thiocarbonyl (C=S) groups is 1. The number of carbonyl (C=O) groups is 2. The van der Waals surface area contributed by atoms with Crippen molar-refractivity contribution in [3.8, 4) is 0 Å². The molecule has 6 nitrogen and oxygen atoms in total. The molecule has 162 valence electrons. The lowest BCUT2D eigenvalue weighted by atomic mass is 10.1. The second kappa shape index (κ2) is 8.61. The molecule has 3 aromatic carbocycles. The molecule has 2 amide bonds. The van der Waals surface area contributed by atoms with Crippen molar-refractivity contribution in [3.63, 3.8) is 0 Å². The fourth-order valence-corrected chi connectivity index (χ4v) is 4.15. The van der Waals surface area contributed by atoms with Crippen molar-refractivity contribution in [3.05, 3.63) is 101 Å². The van der Waals surface area contributed by atoms with E-state index >= 15 is 0 Å². The minimum Gasteiger partial charge on any atom is -0.320 e. The van der Waals surface area contributed by atoms with Gasteiger partial charge in [-0.05, 0) is 60.3 Å². The van der Waals surface area contributed by atoms with E-state index in [9.17, 15) is 9.59 Å². The smallest absolute Gasteiger partial charge is 0.270 e. The van der Waals surface area contributed by atoms with Crippen LogP contribution in [0, 0.1) is 0 Å². The fraction of sp³-hybridized carbons (Fsp3) is 0.0400. The quantitative estimate of drug-likeness (QED) is 0.268. The van der Waals surface area contributed by atoms with E-state index in [1.165, 1.54) is 11.0 Å². The van der Waals surface area contributed by atoms with Gasteiger partial charge in [0.25, 0.3) is 11.8 Å². The lowest BCUT2D eigenvalue weighted by molar-refractivity contribution is -0.122. The van der Waals surface area contributed by atoms with Crippen molar-refractivity contribution in [2.45, 2.75) is 6.54 Å². The Labute approximate surface area is 200 Å². The number of aromatic nitrogens is 2. The van der Waals surface area contributed by atoms with E-state index in [0.29, 0.717) is 23.1 Å². The van der Waals surface area contributed by atoms with Crippen LogP contribution < -0.4 is 10.2 Å².